The Morgan fingerprint density at radius 3 is 2.64 bits per heavy atom. The van der Waals surface area contributed by atoms with Gasteiger partial charge in [0.05, 0.1) is 11.1 Å². The maximum absolute atomic E-state index is 13.4. The number of oxazole rings is 1. The Hall–Kier alpha value is -3.65. The lowest BCUT2D eigenvalue weighted by Gasteiger charge is -2.34. The highest BCUT2D eigenvalue weighted by atomic mass is 35.5. The first-order valence-electron chi connectivity index (χ1n) is 12.3. The molecule has 4 aromatic rings. The number of carbonyl (C=O) groups is 2. The molecule has 8 nitrogen and oxygen atoms in total. The second kappa shape index (κ2) is 9.43. The zero-order chi connectivity index (χ0) is 24.6. The summed E-state index contributed by atoms with van der Waals surface area (Å²) in [6.07, 6.45) is 3.39. The minimum atomic E-state index is -0.348. The van der Waals surface area contributed by atoms with Crippen molar-refractivity contribution in [3.05, 3.63) is 65.3 Å². The first-order chi connectivity index (χ1) is 17.6. The maximum atomic E-state index is 13.4. The summed E-state index contributed by atoms with van der Waals surface area (Å²) in [5, 5.41) is 4.25. The van der Waals surface area contributed by atoms with E-state index in [0.29, 0.717) is 42.2 Å². The summed E-state index contributed by atoms with van der Waals surface area (Å²) in [6, 6.07) is 16.8. The van der Waals surface area contributed by atoms with E-state index in [0.717, 1.165) is 36.7 Å². The SMILES string of the molecule is O=C(N[C@H]1CCN(C(=O)c2cc(Cl)nc3ccccc23)C1)[C@@H]1CCCCN1c1nc2ccccc2o1. The Labute approximate surface area is 213 Å². The largest absolute Gasteiger partial charge is 0.423 e. The topological polar surface area (TPSA) is 91.6 Å². The number of carbonyl (C=O) groups excluding carboxylic acids is 2. The van der Waals surface area contributed by atoms with Crippen LogP contribution in [0.1, 0.15) is 36.0 Å². The monoisotopic (exact) mass is 503 g/mol. The third-order valence-electron chi connectivity index (χ3n) is 7.07. The molecule has 9 heteroatoms. The van der Waals surface area contributed by atoms with E-state index in [9.17, 15) is 9.59 Å². The summed E-state index contributed by atoms with van der Waals surface area (Å²) in [5.41, 5.74) is 2.72. The normalized spacial score (nSPS) is 20.2. The van der Waals surface area contributed by atoms with E-state index in [1.54, 1.807) is 11.0 Å². The van der Waals surface area contributed by atoms with Gasteiger partial charge in [-0.2, -0.15) is 4.98 Å². The first-order valence-corrected chi connectivity index (χ1v) is 12.7. The van der Waals surface area contributed by atoms with Crippen LogP contribution in [0.15, 0.2) is 59.0 Å². The minimum absolute atomic E-state index is 0.0475. The van der Waals surface area contributed by atoms with Gasteiger partial charge in [-0.05, 0) is 49.9 Å². The van der Waals surface area contributed by atoms with Crippen molar-refractivity contribution in [2.45, 2.75) is 37.8 Å². The van der Waals surface area contributed by atoms with Crippen LogP contribution in [0, 0.1) is 0 Å². The van der Waals surface area contributed by atoms with Crippen LogP contribution in [-0.2, 0) is 4.79 Å². The van der Waals surface area contributed by atoms with Crippen molar-refractivity contribution in [2.24, 2.45) is 0 Å². The van der Waals surface area contributed by atoms with Crippen molar-refractivity contribution in [3.8, 4) is 0 Å². The number of aromatic nitrogens is 2. The first kappa shape index (κ1) is 22.8. The molecule has 2 amide bonds. The summed E-state index contributed by atoms with van der Waals surface area (Å²) in [6.45, 7) is 1.74. The van der Waals surface area contributed by atoms with Gasteiger partial charge in [0, 0.05) is 31.1 Å². The molecule has 2 atom stereocenters. The number of hydrogen-bond donors (Lipinski definition) is 1. The number of piperidine rings is 1. The Kier molecular flexibility index (Phi) is 5.97. The molecule has 1 N–H and O–H groups in total. The fourth-order valence-corrected chi connectivity index (χ4v) is 5.47. The molecule has 2 aliphatic heterocycles. The number of halogens is 1. The fraction of sp³-hybridized carbons (Fsp3) is 0.333. The molecule has 0 bridgehead atoms. The van der Waals surface area contributed by atoms with Gasteiger partial charge in [-0.3, -0.25) is 9.59 Å². The van der Waals surface area contributed by atoms with E-state index in [-0.39, 0.29) is 29.1 Å². The van der Waals surface area contributed by atoms with Crippen molar-refractivity contribution in [1.29, 1.82) is 0 Å². The molecular weight excluding hydrogens is 478 g/mol. The van der Waals surface area contributed by atoms with E-state index >= 15 is 0 Å². The molecule has 0 unspecified atom stereocenters. The third-order valence-corrected chi connectivity index (χ3v) is 7.26. The van der Waals surface area contributed by atoms with E-state index in [4.69, 9.17) is 16.0 Å². The molecule has 2 aliphatic rings. The highest BCUT2D eigenvalue weighted by Gasteiger charge is 2.35. The number of fused-ring (bicyclic) bond motifs is 2. The number of hydrogen-bond acceptors (Lipinski definition) is 6. The highest BCUT2D eigenvalue weighted by Crippen LogP contribution is 2.28. The predicted octanol–water partition coefficient (Wildman–Crippen LogP) is 4.42. The molecule has 0 saturated carbocycles. The quantitative estimate of drug-likeness (QED) is 0.414. The number of nitrogens with zero attached hydrogens (tertiary/aromatic N) is 4. The van der Waals surface area contributed by atoms with E-state index in [1.165, 1.54) is 0 Å². The molecule has 4 heterocycles. The van der Waals surface area contributed by atoms with Gasteiger partial charge in [-0.1, -0.05) is 41.9 Å². The molecule has 6 rings (SSSR count). The summed E-state index contributed by atoms with van der Waals surface area (Å²) in [4.78, 5) is 39.4. The number of benzene rings is 2. The molecular formula is C27H26ClN5O3. The van der Waals surface area contributed by atoms with Crippen molar-refractivity contribution in [1.82, 2.24) is 20.2 Å². The number of anilines is 1. The summed E-state index contributed by atoms with van der Waals surface area (Å²) >= 11 is 6.19. The molecule has 2 saturated heterocycles. The van der Waals surface area contributed by atoms with Gasteiger partial charge in [0.2, 0.25) is 5.91 Å². The van der Waals surface area contributed by atoms with Crippen molar-refractivity contribution in [3.63, 3.8) is 0 Å². The van der Waals surface area contributed by atoms with Gasteiger partial charge in [0.1, 0.15) is 16.7 Å². The zero-order valence-corrected chi connectivity index (χ0v) is 20.4. The average Bonchev–Trinajstić information content (AvgIpc) is 3.55. The van der Waals surface area contributed by atoms with Gasteiger partial charge in [0.25, 0.3) is 11.9 Å². The molecule has 0 spiro atoms. The van der Waals surface area contributed by atoms with Gasteiger partial charge in [-0.15, -0.1) is 0 Å². The molecule has 2 aromatic heterocycles. The Morgan fingerprint density at radius 2 is 1.78 bits per heavy atom. The Morgan fingerprint density at radius 1 is 0.972 bits per heavy atom. The minimum Gasteiger partial charge on any atom is -0.423 e. The van der Waals surface area contributed by atoms with Gasteiger partial charge in [-0.25, -0.2) is 4.98 Å². The van der Waals surface area contributed by atoms with E-state index in [2.05, 4.69) is 15.3 Å². The lowest BCUT2D eigenvalue weighted by Crippen LogP contribution is -2.52. The molecule has 36 heavy (non-hydrogen) atoms. The number of amides is 2. The van der Waals surface area contributed by atoms with Crippen LogP contribution >= 0.6 is 11.6 Å². The third kappa shape index (κ3) is 4.26. The van der Waals surface area contributed by atoms with E-state index < -0.39 is 0 Å². The number of rotatable bonds is 4. The van der Waals surface area contributed by atoms with Crippen LogP contribution in [0.4, 0.5) is 6.01 Å². The van der Waals surface area contributed by atoms with Crippen LogP contribution in [0.5, 0.6) is 0 Å². The van der Waals surface area contributed by atoms with Gasteiger partial charge >= 0.3 is 0 Å². The lowest BCUT2D eigenvalue weighted by molar-refractivity contribution is -0.123. The standard InChI is InChI=1S/C27H26ClN5O3/c28-24-15-19(18-7-1-2-8-20(18)30-24)26(35)32-14-12-17(16-32)29-25(34)22-10-5-6-13-33(22)27-31-21-9-3-4-11-23(21)36-27/h1-4,7-9,11,15,17,22H,5-6,10,12-14,16H2,(H,29,34)/t17-,22-/m0/s1. The summed E-state index contributed by atoms with van der Waals surface area (Å²) < 4.78 is 5.97. The number of nitrogens with one attached hydrogen (secondary N) is 1. The highest BCUT2D eigenvalue weighted by molar-refractivity contribution is 6.30. The molecule has 2 aromatic carbocycles. The number of para-hydroxylation sites is 3. The van der Waals surface area contributed by atoms with Crippen LogP contribution in [0.3, 0.4) is 0 Å². The molecule has 2 fully saturated rings. The van der Waals surface area contributed by atoms with Crippen LogP contribution in [0.2, 0.25) is 5.15 Å². The van der Waals surface area contributed by atoms with E-state index in [1.807, 2.05) is 53.4 Å². The Bertz CT molecular complexity index is 1420. The number of pyridine rings is 1. The van der Waals surface area contributed by atoms with Crippen LogP contribution in [0.25, 0.3) is 22.0 Å². The van der Waals surface area contributed by atoms with Gasteiger partial charge < -0.3 is 19.5 Å². The maximum Gasteiger partial charge on any atom is 0.299 e. The molecule has 184 valence electrons. The van der Waals surface area contributed by atoms with Crippen LogP contribution < -0.4 is 10.2 Å². The van der Waals surface area contributed by atoms with Crippen LogP contribution in [-0.4, -0.2) is 58.4 Å². The molecule has 0 aliphatic carbocycles. The lowest BCUT2D eigenvalue weighted by atomic mass is 10.0. The Balaban J connectivity index is 1.15. The smallest absolute Gasteiger partial charge is 0.299 e. The van der Waals surface area contributed by atoms with Gasteiger partial charge in [0.15, 0.2) is 5.58 Å². The fourth-order valence-electron chi connectivity index (χ4n) is 5.27. The van der Waals surface area contributed by atoms with Crippen molar-refractivity contribution < 1.29 is 14.0 Å². The second-order valence-electron chi connectivity index (χ2n) is 9.42. The zero-order valence-electron chi connectivity index (χ0n) is 19.7. The number of likely N-dealkylation sites (tertiary alicyclic amines) is 1. The summed E-state index contributed by atoms with van der Waals surface area (Å²) in [7, 11) is 0. The molecule has 0 radical (unpaired) electrons. The second-order valence-corrected chi connectivity index (χ2v) is 9.81. The predicted molar refractivity (Wildman–Crippen MR) is 138 cm³/mol. The average molecular weight is 504 g/mol. The van der Waals surface area contributed by atoms with Crippen molar-refractivity contribution >= 4 is 51.4 Å². The van der Waals surface area contributed by atoms with Crippen molar-refractivity contribution in [2.75, 3.05) is 24.5 Å². The summed E-state index contributed by atoms with van der Waals surface area (Å²) in [5.74, 6) is -0.147.